The van der Waals surface area contributed by atoms with E-state index in [1.165, 1.54) is 6.07 Å². The summed E-state index contributed by atoms with van der Waals surface area (Å²) in [4.78, 5) is 11.2. The van der Waals surface area contributed by atoms with Gasteiger partial charge in [-0.15, -0.1) is 0 Å². The first kappa shape index (κ1) is 14.6. The zero-order valence-corrected chi connectivity index (χ0v) is 13.1. The van der Waals surface area contributed by atoms with Crippen molar-refractivity contribution in [2.45, 2.75) is 56.0 Å². The van der Waals surface area contributed by atoms with Crippen LogP contribution < -0.4 is 0 Å². The summed E-state index contributed by atoms with van der Waals surface area (Å²) in [5.74, 6) is 0.384. The van der Waals surface area contributed by atoms with Crippen molar-refractivity contribution in [3.8, 4) is 0 Å². The molecule has 3 aliphatic rings. The van der Waals surface area contributed by atoms with Gasteiger partial charge in [-0.3, -0.25) is 9.48 Å². The maximum atomic E-state index is 12.9. The van der Waals surface area contributed by atoms with E-state index in [1.807, 2.05) is 0 Å². The molecule has 3 fully saturated rings. The van der Waals surface area contributed by atoms with Gasteiger partial charge in [0.1, 0.15) is 16.5 Å². The minimum absolute atomic E-state index is 0.118. The van der Waals surface area contributed by atoms with Crippen molar-refractivity contribution in [1.29, 1.82) is 0 Å². The first-order chi connectivity index (χ1) is 10.5. The minimum Gasteiger partial charge on any atom is -0.300 e. The van der Waals surface area contributed by atoms with Crippen molar-refractivity contribution in [3.63, 3.8) is 0 Å². The molecule has 0 bridgehead atoms. The van der Waals surface area contributed by atoms with Crippen molar-refractivity contribution in [1.82, 2.24) is 14.1 Å². The van der Waals surface area contributed by atoms with Crippen molar-refractivity contribution < 1.29 is 13.6 Å². The van der Waals surface area contributed by atoms with Gasteiger partial charge < -0.3 is 0 Å². The highest BCUT2D eigenvalue weighted by Crippen LogP contribution is 2.48. The summed E-state index contributed by atoms with van der Waals surface area (Å²) >= 11 is 1.55. The molecule has 2 heterocycles. The summed E-state index contributed by atoms with van der Waals surface area (Å²) in [7, 11) is 0. The molecule has 22 heavy (non-hydrogen) atoms. The molecule has 1 aliphatic heterocycles. The third kappa shape index (κ3) is 2.69. The van der Waals surface area contributed by atoms with Gasteiger partial charge in [0.15, 0.2) is 0 Å². The summed E-state index contributed by atoms with van der Waals surface area (Å²) in [6.07, 6.45) is 3.09. The molecule has 0 N–H and O–H groups in total. The van der Waals surface area contributed by atoms with Gasteiger partial charge in [0, 0.05) is 32.0 Å². The lowest BCUT2D eigenvalue weighted by Crippen LogP contribution is -2.45. The zero-order valence-electron chi connectivity index (χ0n) is 12.3. The molecule has 0 aromatic carbocycles. The minimum atomic E-state index is -2.51. The smallest absolute Gasteiger partial charge is 0.282 e. The molecular weight excluding hydrogens is 308 g/mol. The SMILES string of the molecule is O=C1CC2(CCN(Sc3cc(C(F)F)nn3C3CC3)CC2)C1. The van der Waals surface area contributed by atoms with Gasteiger partial charge in [-0.05, 0) is 43.0 Å². The molecule has 2 aliphatic carbocycles. The molecule has 1 saturated heterocycles. The highest BCUT2D eigenvalue weighted by Gasteiger charge is 2.45. The fraction of sp³-hybridized carbons (Fsp3) is 0.733. The van der Waals surface area contributed by atoms with Crippen molar-refractivity contribution in [2.24, 2.45) is 5.41 Å². The number of carbonyl (C=O) groups excluding carboxylic acids is 1. The number of carbonyl (C=O) groups is 1. The van der Waals surface area contributed by atoms with E-state index in [-0.39, 0.29) is 11.1 Å². The fourth-order valence-electron chi connectivity index (χ4n) is 3.47. The first-order valence-electron chi connectivity index (χ1n) is 7.87. The molecule has 0 unspecified atom stereocenters. The Bertz CT molecular complexity index is 582. The number of hydrogen-bond donors (Lipinski definition) is 0. The molecule has 1 aromatic rings. The van der Waals surface area contributed by atoms with E-state index in [9.17, 15) is 13.6 Å². The second-order valence-electron chi connectivity index (χ2n) is 6.80. The Kier molecular flexibility index (Phi) is 3.52. The van der Waals surface area contributed by atoms with E-state index in [0.29, 0.717) is 11.8 Å². The van der Waals surface area contributed by atoms with E-state index in [1.54, 1.807) is 16.6 Å². The molecule has 1 aromatic heterocycles. The van der Waals surface area contributed by atoms with Crippen LogP contribution in [0.25, 0.3) is 0 Å². The van der Waals surface area contributed by atoms with E-state index in [2.05, 4.69) is 9.40 Å². The molecule has 7 heteroatoms. The largest absolute Gasteiger partial charge is 0.300 e. The van der Waals surface area contributed by atoms with Crippen LogP contribution in [-0.2, 0) is 4.79 Å². The highest BCUT2D eigenvalue weighted by atomic mass is 32.2. The Morgan fingerprint density at radius 2 is 1.95 bits per heavy atom. The average Bonchev–Trinajstić information content (AvgIpc) is 3.21. The van der Waals surface area contributed by atoms with Crippen LogP contribution in [0.4, 0.5) is 8.78 Å². The predicted molar refractivity (Wildman–Crippen MR) is 78.8 cm³/mol. The lowest BCUT2D eigenvalue weighted by molar-refractivity contribution is -0.134. The van der Waals surface area contributed by atoms with Gasteiger partial charge in [-0.1, -0.05) is 0 Å². The number of Topliss-reactive ketones (excluding diaryl/α,β-unsaturated/α-hetero) is 1. The van der Waals surface area contributed by atoms with Crippen LogP contribution in [-0.4, -0.2) is 33.0 Å². The lowest BCUT2D eigenvalue weighted by atomic mass is 9.63. The molecule has 2 saturated carbocycles. The number of halogens is 2. The van der Waals surface area contributed by atoms with Gasteiger partial charge in [-0.2, -0.15) is 5.10 Å². The van der Waals surface area contributed by atoms with Crippen LogP contribution in [0.15, 0.2) is 11.1 Å². The van der Waals surface area contributed by atoms with E-state index < -0.39 is 6.43 Å². The first-order valence-corrected chi connectivity index (χ1v) is 8.64. The van der Waals surface area contributed by atoms with Gasteiger partial charge in [-0.25, -0.2) is 13.1 Å². The maximum absolute atomic E-state index is 12.9. The van der Waals surface area contributed by atoms with Gasteiger partial charge in [0.25, 0.3) is 6.43 Å². The molecule has 4 rings (SSSR count). The molecule has 0 atom stereocenters. The molecule has 120 valence electrons. The second kappa shape index (κ2) is 5.30. The average molecular weight is 327 g/mol. The Morgan fingerprint density at radius 3 is 2.50 bits per heavy atom. The number of rotatable bonds is 4. The Morgan fingerprint density at radius 1 is 1.27 bits per heavy atom. The van der Waals surface area contributed by atoms with E-state index in [0.717, 1.165) is 56.6 Å². The van der Waals surface area contributed by atoms with Crippen LogP contribution in [0.2, 0.25) is 0 Å². The number of hydrogen-bond acceptors (Lipinski definition) is 4. The maximum Gasteiger partial charge on any atom is 0.282 e. The summed E-state index contributed by atoms with van der Waals surface area (Å²) in [6.45, 7) is 1.83. The topological polar surface area (TPSA) is 38.1 Å². The summed E-state index contributed by atoms with van der Waals surface area (Å²) in [6, 6.07) is 1.83. The number of aromatic nitrogens is 2. The van der Waals surface area contributed by atoms with Crippen LogP contribution in [0, 0.1) is 5.41 Å². The number of nitrogens with zero attached hydrogens (tertiary/aromatic N) is 3. The van der Waals surface area contributed by atoms with Crippen LogP contribution >= 0.6 is 11.9 Å². The number of piperidine rings is 1. The van der Waals surface area contributed by atoms with Crippen molar-refractivity contribution in [3.05, 3.63) is 11.8 Å². The summed E-state index contributed by atoms with van der Waals surface area (Å²) in [5.41, 5.74) is 0.131. The fourth-order valence-corrected chi connectivity index (χ4v) is 4.55. The predicted octanol–water partition coefficient (Wildman–Crippen LogP) is 3.61. The highest BCUT2D eigenvalue weighted by molar-refractivity contribution is 7.97. The quantitative estimate of drug-likeness (QED) is 0.792. The van der Waals surface area contributed by atoms with E-state index >= 15 is 0 Å². The Hall–Kier alpha value is -0.950. The van der Waals surface area contributed by atoms with E-state index in [4.69, 9.17) is 0 Å². The third-order valence-electron chi connectivity index (χ3n) is 4.99. The standard InChI is InChI=1S/C15H19F2N3OS/c16-14(17)12-7-13(20(18-12)10-1-2-10)22-19-5-3-15(4-6-19)8-11(21)9-15/h7,10,14H,1-6,8-9H2. The van der Waals surface area contributed by atoms with Crippen LogP contribution in [0.3, 0.4) is 0 Å². The number of ketones is 1. The van der Waals surface area contributed by atoms with Crippen LogP contribution in [0.5, 0.6) is 0 Å². The molecule has 4 nitrogen and oxygen atoms in total. The van der Waals surface area contributed by atoms with Gasteiger partial charge >= 0.3 is 0 Å². The zero-order chi connectivity index (χ0) is 15.3. The Labute approximate surface area is 132 Å². The summed E-state index contributed by atoms with van der Waals surface area (Å²) in [5, 5.41) is 4.91. The van der Waals surface area contributed by atoms with Crippen molar-refractivity contribution >= 4 is 17.7 Å². The van der Waals surface area contributed by atoms with Crippen molar-refractivity contribution in [2.75, 3.05) is 13.1 Å². The molecule has 0 radical (unpaired) electrons. The number of alkyl halides is 2. The van der Waals surface area contributed by atoms with Gasteiger partial charge in [0.05, 0.1) is 6.04 Å². The van der Waals surface area contributed by atoms with Crippen LogP contribution in [0.1, 0.15) is 56.7 Å². The monoisotopic (exact) mass is 327 g/mol. The second-order valence-corrected chi connectivity index (χ2v) is 7.91. The normalized spacial score (nSPS) is 25.0. The molecule has 0 amide bonds. The van der Waals surface area contributed by atoms with Gasteiger partial charge in [0.2, 0.25) is 0 Å². The Balaban J connectivity index is 1.42. The summed E-state index contributed by atoms with van der Waals surface area (Å²) < 4.78 is 29.8. The third-order valence-corrected chi connectivity index (χ3v) is 6.10. The molecule has 1 spiro atoms. The molecular formula is C15H19F2N3OS. The lowest BCUT2D eigenvalue weighted by Gasteiger charge is -2.46.